The first-order chi connectivity index (χ1) is 8.04. The summed E-state index contributed by atoms with van der Waals surface area (Å²) in [6.07, 6.45) is 0. The summed E-state index contributed by atoms with van der Waals surface area (Å²) in [5, 5.41) is 10.5. The van der Waals surface area contributed by atoms with E-state index in [-0.39, 0.29) is 0 Å². The Kier molecular flexibility index (Phi) is 3.43. The van der Waals surface area contributed by atoms with E-state index in [1.165, 1.54) is 11.3 Å². The van der Waals surface area contributed by atoms with E-state index in [0.29, 0.717) is 4.34 Å². The van der Waals surface area contributed by atoms with Crippen molar-refractivity contribution >= 4 is 22.9 Å². The molecular weight excluding hydrogens is 256 g/mol. The number of ether oxygens (including phenoxy) is 1. The van der Waals surface area contributed by atoms with Crippen LogP contribution in [0.2, 0.25) is 4.34 Å². The molecule has 90 valence electrons. The Hall–Kier alpha value is -1.03. The van der Waals surface area contributed by atoms with Crippen molar-refractivity contribution in [3.8, 4) is 5.75 Å². The van der Waals surface area contributed by atoms with Crippen LogP contribution in [0.25, 0.3) is 0 Å². The number of methoxy groups -OCH3 is 1. The van der Waals surface area contributed by atoms with Gasteiger partial charge in [-0.05, 0) is 36.8 Å². The average molecular weight is 269 g/mol. The Bertz CT molecular complexity index is 502. The molecule has 2 nitrogen and oxygen atoms in total. The summed E-state index contributed by atoms with van der Waals surface area (Å²) in [5.41, 5.74) is -0.207. The van der Waals surface area contributed by atoms with E-state index >= 15 is 0 Å². The van der Waals surface area contributed by atoms with Gasteiger partial charge in [0, 0.05) is 4.88 Å². The smallest absolute Gasteiger partial charge is 0.121 e. The maximum atomic E-state index is 10.5. The molecule has 1 N–H and O–H groups in total. The van der Waals surface area contributed by atoms with Gasteiger partial charge in [0.1, 0.15) is 11.4 Å². The minimum absolute atomic E-state index is 0.675. The van der Waals surface area contributed by atoms with Gasteiger partial charge < -0.3 is 9.84 Å². The minimum Gasteiger partial charge on any atom is -0.497 e. The van der Waals surface area contributed by atoms with E-state index in [4.69, 9.17) is 16.3 Å². The number of thiophene rings is 1. The number of hydrogen-bond acceptors (Lipinski definition) is 3. The van der Waals surface area contributed by atoms with Gasteiger partial charge in [-0.1, -0.05) is 23.7 Å². The summed E-state index contributed by atoms with van der Waals surface area (Å²) >= 11 is 7.27. The highest BCUT2D eigenvalue weighted by molar-refractivity contribution is 7.16. The standard InChI is InChI=1S/C13H13ClO2S/c1-13(15,11-7-8-12(14)17-11)9-3-5-10(16-2)6-4-9/h3-8,15H,1-2H3. The van der Waals surface area contributed by atoms with Crippen molar-refractivity contribution in [2.75, 3.05) is 7.11 Å². The molecule has 0 spiro atoms. The molecule has 0 aliphatic carbocycles. The molecule has 1 aromatic carbocycles. The first kappa shape index (κ1) is 12.4. The van der Waals surface area contributed by atoms with Crippen molar-refractivity contribution in [1.29, 1.82) is 0 Å². The molecule has 1 unspecified atom stereocenters. The highest BCUT2D eigenvalue weighted by atomic mass is 35.5. The summed E-state index contributed by atoms with van der Waals surface area (Å²) in [5.74, 6) is 0.772. The van der Waals surface area contributed by atoms with E-state index in [0.717, 1.165) is 16.2 Å². The molecule has 0 saturated heterocycles. The van der Waals surface area contributed by atoms with Crippen LogP contribution in [0.3, 0.4) is 0 Å². The second-order valence-corrected chi connectivity index (χ2v) is 5.62. The van der Waals surface area contributed by atoms with Crippen LogP contribution in [-0.4, -0.2) is 12.2 Å². The van der Waals surface area contributed by atoms with Crippen LogP contribution < -0.4 is 4.74 Å². The van der Waals surface area contributed by atoms with E-state index in [1.807, 2.05) is 30.3 Å². The maximum Gasteiger partial charge on any atom is 0.121 e. The normalized spacial score (nSPS) is 14.4. The lowest BCUT2D eigenvalue weighted by atomic mass is 9.94. The van der Waals surface area contributed by atoms with Crippen LogP contribution in [0, 0.1) is 0 Å². The molecule has 0 aliphatic rings. The van der Waals surface area contributed by atoms with Crippen LogP contribution in [0.4, 0.5) is 0 Å². The lowest BCUT2D eigenvalue weighted by molar-refractivity contribution is 0.106. The number of rotatable bonds is 3. The molecule has 1 aromatic heterocycles. The highest BCUT2D eigenvalue weighted by Gasteiger charge is 2.27. The third-order valence-corrected chi connectivity index (χ3v) is 4.15. The van der Waals surface area contributed by atoms with Crippen molar-refractivity contribution < 1.29 is 9.84 Å². The Morgan fingerprint density at radius 1 is 1.18 bits per heavy atom. The predicted molar refractivity (Wildman–Crippen MR) is 71.0 cm³/mol. The summed E-state index contributed by atoms with van der Waals surface area (Å²) in [4.78, 5) is 0.827. The Morgan fingerprint density at radius 2 is 1.82 bits per heavy atom. The zero-order chi connectivity index (χ0) is 12.5. The topological polar surface area (TPSA) is 29.5 Å². The fraction of sp³-hybridized carbons (Fsp3) is 0.231. The fourth-order valence-electron chi connectivity index (χ4n) is 1.63. The summed E-state index contributed by atoms with van der Waals surface area (Å²) in [6, 6.07) is 11.0. The zero-order valence-electron chi connectivity index (χ0n) is 9.61. The molecule has 0 saturated carbocycles. The van der Waals surface area contributed by atoms with Gasteiger partial charge in [-0.2, -0.15) is 0 Å². The van der Waals surface area contributed by atoms with Gasteiger partial charge in [-0.25, -0.2) is 0 Å². The molecule has 1 heterocycles. The predicted octanol–water partition coefficient (Wildman–Crippen LogP) is 3.67. The van der Waals surface area contributed by atoms with Gasteiger partial charge in [0.25, 0.3) is 0 Å². The minimum atomic E-state index is -1.02. The van der Waals surface area contributed by atoms with Crippen LogP contribution in [0.1, 0.15) is 17.4 Å². The molecule has 0 aliphatic heterocycles. The first-order valence-corrected chi connectivity index (χ1v) is 6.36. The molecule has 17 heavy (non-hydrogen) atoms. The Morgan fingerprint density at radius 3 is 2.29 bits per heavy atom. The van der Waals surface area contributed by atoms with Gasteiger partial charge >= 0.3 is 0 Å². The second kappa shape index (κ2) is 4.69. The van der Waals surface area contributed by atoms with E-state index < -0.39 is 5.60 Å². The number of hydrogen-bond donors (Lipinski definition) is 1. The monoisotopic (exact) mass is 268 g/mol. The Balaban J connectivity index is 2.36. The zero-order valence-corrected chi connectivity index (χ0v) is 11.2. The lowest BCUT2D eigenvalue weighted by Gasteiger charge is -2.22. The van der Waals surface area contributed by atoms with Crippen molar-refractivity contribution in [1.82, 2.24) is 0 Å². The van der Waals surface area contributed by atoms with Crippen LogP contribution in [-0.2, 0) is 5.60 Å². The van der Waals surface area contributed by atoms with Crippen LogP contribution in [0.15, 0.2) is 36.4 Å². The molecular formula is C13H13ClO2S. The maximum absolute atomic E-state index is 10.5. The van der Waals surface area contributed by atoms with Gasteiger partial charge in [0.05, 0.1) is 11.4 Å². The third-order valence-electron chi connectivity index (χ3n) is 2.71. The molecule has 0 fully saturated rings. The summed E-state index contributed by atoms with van der Waals surface area (Å²) < 4.78 is 5.77. The fourth-order valence-corrected chi connectivity index (χ4v) is 2.74. The molecule has 0 radical (unpaired) electrons. The van der Waals surface area contributed by atoms with Crippen molar-refractivity contribution in [3.63, 3.8) is 0 Å². The van der Waals surface area contributed by atoms with Gasteiger partial charge in [0.2, 0.25) is 0 Å². The van der Waals surface area contributed by atoms with Crippen LogP contribution in [0.5, 0.6) is 5.75 Å². The molecule has 4 heteroatoms. The van der Waals surface area contributed by atoms with E-state index in [9.17, 15) is 5.11 Å². The average Bonchev–Trinajstić information content (AvgIpc) is 2.77. The van der Waals surface area contributed by atoms with Gasteiger partial charge in [-0.3, -0.25) is 0 Å². The number of aliphatic hydroxyl groups is 1. The molecule has 0 amide bonds. The quantitative estimate of drug-likeness (QED) is 0.920. The van der Waals surface area contributed by atoms with Crippen molar-refractivity contribution in [2.45, 2.75) is 12.5 Å². The molecule has 0 bridgehead atoms. The first-order valence-electron chi connectivity index (χ1n) is 5.17. The second-order valence-electron chi connectivity index (χ2n) is 3.90. The van der Waals surface area contributed by atoms with Crippen molar-refractivity contribution in [2.24, 2.45) is 0 Å². The van der Waals surface area contributed by atoms with Crippen LogP contribution >= 0.6 is 22.9 Å². The lowest BCUT2D eigenvalue weighted by Crippen LogP contribution is -2.21. The highest BCUT2D eigenvalue weighted by Crippen LogP contribution is 2.36. The molecule has 1 atom stereocenters. The third kappa shape index (κ3) is 2.46. The van der Waals surface area contributed by atoms with E-state index in [1.54, 1.807) is 20.1 Å². The molecule has 2 aromatic rings. The number of halogens is 1. The van der Waals surface area contributed by atoms with Gasteiger partial charge in [-0.15, -0.1) is 11.3 Å². The van der Waals surface area contributed by atoms with E-state index in [2.05, 4.69) is 0 Å². The number of benzene rings is 1. The summed E-state index contributed by atoms with van der Waals surface area (Å²) in [7, 11) is 1.62. The Labute approximate surface area is 109 Å². The SMILES string of the molecule is COc1ccc(C(C)(O)c2ccc(Cl)s2)cc1. The largest absolute Gasteiger partial charge is 0.497 e. The van der Waals surface area contributed by atoms with Gasteiger partial charge in [0.15, 0.2) is 0 Å². The summed E-state index contributed by atoms with van der Waals surface area (Å²) in [6.45, 7) is 1.76. The molecule has 2 rings (SSSR count). The van der Waals surface area contributed by atoms with Crippen molar-refractivity contribution in [3.05, 3.63) is 51.2 Å².